The SMILES string of the molecule is CC.CNC(=O)C(CCC=O)N1C(=O)c2ccc(C3CCN(C)CC3)cc2C1=O. The molecule has 0 radical (unpaired) electrons. The summed E-state index contributed by atoms with van der Waals surface area (Å²) < 4.78 is 0. The van der Waals surface area contributed by atoms with E-state index in [1.54, 1.807) is 6.07 Å². The summed E-state index contributed by atoms with van der Waals surface area (Å²) in [6.07, 6.45) is 2.94. The molecule has 7 nitrogen and oxygen atoms in total. The van der Waals surface area contributed by atoms with Gasteiger partial charge in [0, 0.05) is 13.5 Å². The molecular formula is C22H31N3O4. The Morgan fingerprint density at radius 3 is 2.38 bits per heavy atom. The van der Waals surface area contributed by atoms with Crippen molar-refractivity contribution in [3.8, 4) is 0 Å². The molecule has 1 atom stereocenters. The standard InChI is InChI=1S/C20H25N3O4.C2H6/c1-21-18(25)17(4-3-11-24)23-19(26)15-6-5-14(12-16(15)20(23)27)13-7-9-22(2)10-8-13;1-2/h5-6,11-13,17H,3-4,7-10H2,1-2H3,(H,21,25);1-2H3. The molecule has 0 bridgehead atoms. The van der Waals surface area contributed by atoms with E-state index in [2.05, 4.69) is 17.3 Å². The minimum atomic E-state index is -0.973. The van der Waals surface area contributed by atoms with Gasteiger partial charge < -0.3 is 15.0 Å². The van der Waals surface area contributed by atoms with E-state index >= 15 is 0 Å². The number of aldehydes is 1. The maximum Gasteiger partial charge on any atom is 0.262 e. The first kappa shape index (κ1) is 22.7. The third-order valence-corrected chi connectivity index (χ3v) is 5.55. The van der Waals surface area contributed by atoms with Gasteiger partial charge in [-0.15, -0.1) is 0 Å². The Morgan fingerprint density at radius 1 is 1.17 bits per heavy atom. The van der Waals surface area contributed by atoms with E-state index in [0.717, 1.165) is 36.4 Å². The maximum atomic E-state index is 12.9. The van der Waals surface area contributed by atoms with E-state index in [0.29, 0.717) is 23.3 Å². The summed E-state index contributed by atoms with van der Waals surface area (Å²) in [5, 5.41) is 2.48. The molecule has 0 saturated carbocycles. The predicted molar refractivity (Wildman–Crippen MR) is 111 cm³/mol. The molecule has 2 aliphatic rings. The summed E-state index contributed by atoms with van der Waals surface area (Å²) >= 11 is 0. The number of hydrogen-bond donors (Lipinski definition) is 1. The van der Waals surface area contributed by atoms with E-state index in [1.807, 2.05) is 26.0 Å². The monoisotopic (exact) mass is 401 g/mol. The Morgan fingerprint density at radius 2 is 1.79 bits per heavy atom. The lowest BCUT2D eigenvalue weighted by Crippen LogP contribution is -2.48. The normalized spacial score (nSPS) is 18.0. The van der Waals surface area contributed by atoms with Crippen LogP contribution in [0.3, 0.4) is 0 Å². The van der Waals surface area contributed by atoms with Gasteiger partial charge in [0.2, 0.25) is 5.91 Å². The van der Waals surface area contributed by atoms with Gasteiger partial charge in [0.15, 0.2) is 0 Å². The van der Waals surface area contributed by atoms with Crippen LogP contribution in [0.5, 0.6) is 0 Å². The average molecular weight is 402 g/mol. The van der Waals surface area contributed by atoms with Gasteiger partial charge in [0.05, 0.1) is 11.1 Å². The van der Waals surface area contributed by atoms with E-state index in [4.69, 9.17) is 0 Å². The molecule has 0 spiro atoms. The molecule has 3 rings (SSSR count). The van der Waals surface area contributed by atoms with Gasteiger partial charge in [-0.25, -0.2) is 0 Å². The predicted octanol–water partition coefficient (Wildman–Crippen LogP) is 2.21. The van der Waals surface area contributed by atoms with Gasteiger partial charge in [-0.2, -0.15) is 0 Å². The second-order valence-corrected chi connectivity index (χ2v) is 7.24. The lowest BCUT2D eigenvalue weighted by atomic mass is 9.88. The number of likely N-dealkylation sites (N-methyl/N-ethyl adjacent to an activating group) is 1. The van der Waals surface area contributed by atoms with Crippen molar-refractivity contribution in [3.05, 3.63) is 34.9 Å². The molecule has 158 valence electrons. The van der Waals surface area contributed by atoms with Crippen LogP contribution in [0.2, 0.25) is 0 Å². The molecule has 1 N–H and O–H groups in total. The summed E-state index contributed by atoms with van der Waals surface area (Å²) in [6.45, 7) is 6.01. The molecule has 1 fully saturated rings. The second kappa shape index (κ2) is 10.3. The van der Waals surface area contributed by atoms with Crippen molar-refractivity contribution in [2.45, 2.75) is 51.5 Å². The summed E-state index contributed by atoms with van der Waals surface area (Å²) in [6, 6.07) is 4.46. The van der Waals surface area contributed by atoms with Crippen molar-refractivity contribution < 1.29 is 19.2 Å². The zero-order chi connectivity index (χ0) is 21.6. The first-order valence-corrected chi connectivity index (χ1v) is 10.3. The minimum absolute atomic E-state index is 0.104. The Labute approximate surface area is 172 Å². The summed E-state index contributed by atoms with van der Waals surface area (Å²) in [5.74, 6) is -0.996. The number of carbonyl (C=O) groups excluding carboxylic acids is 4. The van der Waals surface area contributed by atoms with Crippen molar-refractivity contribution in [1.82, 2.24) is 15.1 Å². The molecule has 1 saturated heterocycles. The van der Waals surface area contributed by atoms with Crippen LogP contribution in [-0.4, -0.2) is 67.0 Å². The molecule has 3 amide bonds. The van der Waals surface area contributed by atoms with Gasteiger partial charge >= 0.3 is 0 Å². The van der Waals surface area contributed by atoms with Gasteiger partial charge in [-0.05, 0) is 63.0 Å². The molecule has 1 unspecified atom stereocenters. The third kappa shape index (κ3) is 4.72. The van der Waals surface area contributed by atoms with Crippen LogP contribution < -0.4 is 5.32 Å². The van der Waals surface area contributed by atoms with Crippen molar-refractivity contribution >= 4 is 24.0 Å². The highest BCUT2D eigenvalue weighted by Crippen LogP contribution is 2.33. The van der Waals surface area contributed by atoms with E-state index in [1.165, 1.54) is 7.05 Å². The molecule has 29 heavy (non-hydrogen) atoms. The van der Waals surface area contributed by atoms with Crippen LogP contribution in [0.4, 0.5) is 0 Å². The number of likely N-dealkylation sites (tertiary alicyclic amines) is 1. The average Bonchev–Trinajstić information content (AvgIpc) is 3.00. The summed E-state index contributed by atoms with van der Waals surface area (Å²) in [7, 11) is 3.55. The van der Waals surface area contributed by atoms with Crippen LogP contribution in [-0.2, 0) is 9.59 Å². The number of amides is 3. The Kier molecular flexibility index (Phi) is 8.08. The van der Waals surface area contributed by atoms with Crippen molar-refractivity contribution in [2.75, 3.05) is 27.2 Å². The number of rotatable bonds is 6. The summed E-state index contributed by atoms with van der Waals surface area (Å²) in [5.41, 5.74) is 1.75. The fraction of sp³-hybridized carbons (Fsp3) is 0.545. The number of carbonyl (C=O) groups is 4. The van der Waals surface area contributed by atoms with Crippen LogP contribution in [0.1, 0.15) is 71.7 Å². The number of piperidine rings is 1. The molecule has 1 aromatic rings. The fourth-order valence-electron chi connectivity index (χ4n) is 3.93. The smallest absolute Gasteiger partial charge is 0.262 e. The Bertz CT molecular complexity index is 769. The second-order valence-electron chi connectivity index (χ2n) is 7.24. The van der Waals surface area contributed by atoms with Gasteiger partial charge in [-0.1, -0.05) is 19.9 Å². The van der Waals surface area contributed by atoms with E-state index in [9.17, 15) is 19.2 Å². The fourth-order valence-corrected chi connectivity index (χ4v) is 3.93. The Hall–Kier alpha value is -2.54. The quantitative estimate of drug-likeness (QED) is 0.583. The number of fused-ring (bicyclic) bond motifs is 1. The number of nitrogens with one attached hydrogen (secondary N) is 1. The van der Waals surface area contributed by atoms with Crippen molar-refractivity contribution in [3.63, 3.8) is 0 Å². The number of nitrogens with zero attached hydrogens (tertiary/aromatic N) is 2. The molecule has 1 aromatic carbocycles. The topological polar surface area (TPSA) is 86.8 Å². The Balaban J connectivity index is 0.00000145. The molecule has 2 aliphatic heterocycles. The minimum Gasteiger partial charge on any atom is -0.357 e. The zero-order valence-corrected chi connectivity index (χ0v) is 17.7. The van der Waals surface area contributed by atoms with Crippen LogP contribution in [0, 0.1) is 0 Å². The van der Waals surface area contributed by atoms with Crippen LogP contribution in [0.25, 0.3) is 0 Å². The highest BCUT2D eigenvalue weighted by atomic mass is 16.2. The zero-order valence-electron chi connectivity index (χ0n) is 17.7. The third-order valence-electron chi connectivity index (χ3n) is 5.55. The van der Waals surface area contributed by atoms with Crippen LogP contribution >= 0.6 is 0 Å². The molecule has 2 heterocycles. The first-order valence-electron chi connectivity index (χ1n) is 10.3. The highest BCUT2D eigenvalue weighted by Gasteiger charge is 2.42. The highest BCUT2D eigenvalue weighted by molar-refractivity contribution is 6.23. The maximum absolute atomic E-state index is 12.9. The number of imide groups is 1. The van der Waals surface area contributed by atoms with Crippen LogP contribution in [0.15, 0.2) is 18.2 Å². The van der Waals surface area contributed by atoms with Gasteiger partial charge in [0.25, 0.3) is 11.8 Å². The lowest BCUT2D eigenvalue weighted by molar-refractivity contribution is -0.124. The van der Waals surface area contributed by atoms with Crippen molar-refractivity contribution in [2.24, 2.45) is 0 Å². The summed E-state index contributed by atoms with van der Waals surface area (Å²) in [4.78, 5) is 52.0. The van der Waals surface area contributed by atoms with Gasteiger partial charge in [0.1, 0.15) is 12.3 Å². The molecule has 0 aliphatic carbocycles. The molecule has 7 heteroatoms. The van der Waals surface area contributed by atoms with Crippen molar-refractivity contribution in [1.29, 1.82) is 0 Å². The largest absolute Gasteiger partial charge is 0.357 e. The lowest BCUT2D eigenvalue weighted by Gasteiger charge is -2.29. The van der Waals surface area contributed by atoms with Gasteiger partial charge in [-0.3, -0.25) is 19.3 Å². The molecule has 0 aromatic heterocycles. The number of benzene rings is 1. The molecular weight excluding hydrogens is 370 g/mol. The van der Waals surface area contributed by atoms with E-state index in [-0.39, 0.29) is 12.8 Å². The number of hydrogen-bond acceptors (Lipinski definition) is 5. The first-order chi connectivity index (χ1) is 14.0. The van der Waals surface area contributed by atoms with E-state index < -0.39 is 23.8 Å².